The van der Waals surface area contributed by atoms with Crippen molar-refractivity contribution in [1.29, 1.82) is 0 Å². The molecule has 2 fully saturated rings. The van der Waals surface area contributed by atoms with Gasteiger partial charge in [-0.05, 0) is 71.4 Å². The Kier molecular flexibility index (Phi) is 6.90. The van der Waals surface area contributed by atoms with Crippen LogP contribution in [0.25, 0.3) is 12.2 Å². The Morgan fingerprint density at radius 3 is 2.53 bits per heavy atom. The lowest BCUT2D eigenvalue weighted by Gasteiger charge is -2.39. The van der Waals surface area contributed by atoms with Gasteiger partial charge in [-0.15, -0.1) is 0 Å². The summed E-state index contributed by atoms with van der Waals surface area (Å²) in [6, 6.07) is 5.48. The van der Waals surface area contributed by atoms with Crippen LogP contribution in [0.3, 0.4) is 0 Å². The van der Waals surface area contributed by atoms with E-state index in [1.54, 1.807) is 35.6 Å². The number of piperidine rings is 1. The summed E-state index contributed by atoms with van der Waals surface area (Å²) in [5, 5.41) is 6.64. The monoisotopic (exact) mass is 453 g/mol. The van der Waals surface area contributed by atoms with Gasteiger partial charge in [0, 0.05) is 38.3 Å². The molecule has 4 rings (SSSR count). The van der Waals surface area contributed by atoms with Crippen molar-refractivity contribution in [3.05, 3.63) is 58.7 Å². The van der Waals surface area contributed by atoms with Crippen LogP contribution in [0, 0.1) is 5.41 Å². The second-order valence-electron chi connectivity index (χ2n) is 8.35. The molecule has 0 bridgehead atoms. The minimum atomic E-state index is -0.328. The van der Waals surface area contributed by atoms with Crippen molar-refractivity contribution in [3.63, 3.8) is 0 Å². The van der Waals surface area contributed by atoms with E-state index in [1.165, 1.54) is 12.3 Å². The van der Waals surface area contributed by atoms with Crippen LogP contribution in [0.2, 0.25) is 0 Å². The number of furan rings is 1. The van der Waals surface area contributed by atoms with E-state index in [0.29, 0.717) is 31.9 Å². The Labute approximate surface area is 191 Å². The largest absolute Gasteiger partial charge is 0.465 e. The van der Waals surface area contributed by atoms with Crippen LogP contribution in [0.5, 0.6) is 0 Å². The van der Waals surface area contributed by atoms with E-state index in [9.17, 15) is 14.4 Å². The number of nitrogens with zero attached hydrogens (tertiary/aromatic N) is 2. The molecule has 7 nitrogen and oxygen atoms in total. The van der Waals surface area contributed by atoms with Crippen molar-refractivity contribution >= 4 is 41.2 Å². The Bertz CT molecular complexity index is 987. The maximum atomic E-state index is 12.6. The van der Waals surface area contributed by atoms with Crippen LogP contribution in [-0.4, -0.2) is 60.2 Å². The molecule has 32 heavy (non-hydrogen) atoms. The number of carbonyl (C=O) groups is 3. The maximum Gasteiger partial charge on any atom is 0.246 e. The Morgan fingerprint density at radius 1 is 1.06 bits per heavy atom. The van der Waals surface area contributed by atoms with Gasteiger partial charge in [-0.1, -0.05) is 0 Å². The average Bonchev–Trinajstić information content (AvgIpc) is 3.58. The molecule has 4 heterocycles. The van der Waals surface area contributed by atoms with Crippen molar-refractivity contribution < 1.29 is 18.8 Å². The number of nitrogens with one attached hydrogen (secondary N) is 1. The molecule has 8 heteroatoms. The molecule has 2 aromatic heterocycles. The minimum Gasteiger partial charge on any atom is -0.465 e. The molecule has 3 amide bonds. The zero-order valence-electron chi connectivity index (χ0n) is 17.9. The van der Waals surface area contributed by atoms with Crippen molar-refractivity contribution in [2.45, 2.75) is 19.3 Å². The Balaban J connectivity index is 1.20. The number of hydrogen-bond donors (Lipinski definition) is 1. The van der Waals surface area contributed by atoms with Crippen LogP contribution in [0.1, 0.15) is 30.6 Å². The molecule has 0 unspecified atom stereocenters. The fourth-order valence-electron chi connectivity index (χ4n) is 4.28. The first-order valence-corrected chi connectivity index (χ1v) is 11.7. The maximum absolute atomic E-state index is 12.6. The highest BCUT2D eigenvalue weighted by Gasteiger charge is 2.42. The molecule has 168 valence electrons. The van der Waals surface area contributed by atoms with Gasteiger partial charge in [0.25, 0.3) is 0 Å². The van der Waals surface area contributed by atoms with Gasteiger partial charge in [0.2, 0.25) is 17.7 Å². The van der Waals surface area contributed by atoms with Gasteiger partial charge in [0.15, 0.2) is 0 Å². The van der Waals surface area contributed by atoms with Gasteiger partial charge >= 0.3 is 0 Å². The molecular weight excluding hydrogens is 426 g/mol. The van der Waals surface area contributed by atoms with Crippen LogP contribution >= 0.6 is 11.3 Å². The highest BCUT2D eigenvalue weighted by Crippen LogP contribution is 2.40. The summed E-state index contributed by atoms with van der Waals surface area (Å²) >= 11 is 1.61. The average molecular weight is 454 g/mol. The lowest BCUT2D eigenvalue weighted by Crippen LogP contribution is -2.45. The van der Waals surface area contributed by atoms with E-state index in [2.05, 4.69) is 5.32 Å². The van der Waals surface area contributed by atoms with Crippen LogP contribution in [-0.2, 0) is 14.4 Å². The third-order valence-electron chi connectivity index (χ3n) is 6.24. The Hall–Kier alpha value is -3.13. The highest BCUT2D eigenvalue weighted by atomic mass is 32.1. The first-order valence-electron chi connectivity index (χ1n) is 10.8. The minimum absolute atomic E-state index is 0.0185. The molecule has 2 aliphatic heterocycles. The van der Waals surface area contributed by atoms with Crippen molar-refractivity contribution in [3.8, 4) is 0 Å². The number of thiophene rings is 1. The predicted octanol–water partition coefficient (Wildman–Crippen LogP) is 3.03. The van der Waals surface area contributed by atoms with Gasteiger partial charge < -0.3 is 19.5 Å². The third-order valence-corrected chi connectivity index (χ3v) is 6.95. The summed E-state index contributed by atoms with van der Waals surface area (Å²) in [5.74, 6) is 0.229. The van der Waals surface area contributed by atoms with Gasteiger partial charge in [-0.25, -0.2) is 0 Å². The highest BCUT2D eigenvalue weighted by molar-refractivity contribution is 7.08. The molecule has 1 spiro atoms. The van der Waals surface area contributed by atoms with Crippen molar-refractivity contribution in [1.82, 2.24) is 15.1 Å². The SMILES string of the molecule is O=C(/C=C\c1ccco1)NCC(=O)N1CCC2(CCN(C(=O)/C=C/c3ccsc3)CC2)C1. The van der Waals surface area contributed by atoms with Gasteiger partial charge in [-0.2, -0.15) is 11.3 Å². The lowest BCUT2D eigenvalue weighted by molar-refractivity contribution is -0.132. The zero-order chi connectivity index (χ0) is 22.4. The molecule has 0 saturated carbocycles. The van der Waals surface area contributed by atoms with Crippen molar-refractivity contribution in [2.75, 3.05) is 32.7 Å². The van der Waals surface area contributed by atoms with E-state index in [-0.39, 0.29) is 29.7 Å². The van der Waals surface area contributed by atoms with E-state index >= 15 is 0 Å². The smallest absolute Gasteiger partial charge is 0.246 e. The number of rotatable bonds is 6. The predicted molar refractivity (Wildman–Crippen MR) is 124 cm³/mol. The first kappa shape index (κ1) is 22.1. The third kappa shape index (κ3) is 5.56. The van der Waals surface area contributed by atoms with Crippen LogP contribution in [0.4, 0.5) is 0 Å². The van der Waals surface area contributed by atoms with Gasteiger partial charge in [0.05, 0.1) is 12.8 Å². The zero-order valence-corrected chi connectivity index (χ0v) is 18.7. The van der Waals surface area contributed by atoms with E-state index in [0.717, 1.165) is 24.8 Å². The summed E-state index contributed by atoms with van der Waals surface area (Å²) in [5.41, 5.74) is 1.12. The summed E-state index contributed by atoms with van der Waals surface area (Å²) in [6.07, 6.45) is 10.7. The molecule has 0 aliphatic carbocycles. The summed E-state index contributed by atoms with van der Waals surface area (Å²) in [7, 11) is 0. The molecule has 2 aliphatic rings. The van der Waals surface area contributed by atoms with Crippen LogP contribution < -0.4 is 5.32 Å². The summed E-state index contributed by atoms with van der Waals surface area (Å²) in [6.45, 7) is 2.79. The van der Waals surface area contributed by atoms with Gasteiger partial charge in [0.1, 0.15) is 5.76 Å². The molecule has 2 aromatic rings. The van der Waals surface area contributed by atoms with E-state index in [1.807, 2.05) is 32.7 Å². The first-order chi connectivity index (χ1) is 15.5. The Morgan fingerprint density at radius 2 is 1.84 bits per heavy atom. The molecule has 0 aromatic carbocycles. The van der Waals surface area contributed by atoms with E-state index < -0.39 is 0 Å². The molecular formula is C24H27N3O4S. The van der Waals surface area contributed by atoms with Crippen molar-refractivity contribution in [2.24, 2.45) is 5.41 Å². The number of carbonyl (C=O) groups excluding carboxylic acids is 3. The molecule has 0 atom stereocenters. The topological polar surface area (TPSA) is 82.9 Å². The van der Waals surface area contributed by atoms with Gasteiger partial charge in [-0.3, -0.25) is 14.4 Å². The second-order valence-corrected chi connectivity index (χ2v) is 9.13. The summed E-state index contributed by atoms with van der Waals surface area (Å²) in [4.78, 5) is 40.7. The normalized spacial score (nSPS) is 18.1. The molecule has 1 N–H and O–H groups in total. The fourth-order valence-corrected chi connectivity index (χ4v) is 4.91. The quantitative estimate of drug-likeness (QED) is 0.682. The molecule has 0 radical (unpaired) electrons. The van der Waals surface area contributed by atoms with E-state index in [4.69, 9.17) is 4.42 Å². The second kappa shape index (κ2) is 9.99. The molecule has 2 saturated heterocycles. The van der Waals surface area contributed by atoms with Crippen LogP contribution in [0.15, 0.2) is 51.8 Å². The lowest BCUT2D eigenvalue weighted by atomic mass is 9.78. The number of hydrogen-bond acceptors (Lipinski definition) is 5. The summed E-state index contributed by atoms with van der Waals surface area (Å²) < 4.78 is 5.14. The fraction of sp³-hybridized carbons (Fsp3) is 0.375. The standard InChI is InChI=1S/C24H27N3O4S/c28-21(5-4-20-2-1-14-31-20)25-16-23(30)27-13-10-24(18-27)8-11-26(12-9-24)22(29)6-3-19-7-15-32-17-19/h1-7,14-15,17H,8-13,16,18H2,(H,25,28)/b5-4-,6-3+. The number of amides is 3. The number of likely N-dealkylation sites (tertiary alicyclic amines) is 2.